The lowest BCUT2D eigenvalue weighted by molar-refractivity contribution is -0.166. The van der Waals surface area contributed by atoms with E-state index < -0.39 is 186 Å². The maximum atomic E-state index is 11.2. The molecule has 8 atom stereocenters. The van der Waals surface area contributed by atoms with E-state index in [1.165, 1.54) is 27.7 Å². The summed E-state index contributed by atoms with van der Waals surface area (Å²) in [6, 6.07) is 0. The van der Waals surface area contributed by atoms with E-state index in [0.717, 1.165) is 18.2 Å². The molecule has 0 spiro atoms. The Morgan fingerprint density at radius 1 is 0.402 bits per heavy atom. The van der Waals surface area contributed by atoms with Gasteiger partial charge < -0.3 is 80.5 Å². The molecular weight excluding hydrogens is 1360 g/mol. The quantitative estimate of drug-likeness (QED) is 0.0954. The van der Waals surface area contributed by atoms with Crippen LogP contribution in [0.5, 0.6) is 0 Å². The Hall–Kier alpha value is -10.8. The van der Waals surface area contributed by atoms with Crippen molar-refractivity contribution in [1.82, 2.24) is 0 Å². The van der Waals surface area contributed by atoms with E-state index >= 15 is 0 Å². The van der Waals surface area contributed by atoms with Gasteiger partial charge >= 0.3 is 101 Å². The molecule has 7 heterocycles. The number of cyclic esters (lactones) is 7. The first-order valence-electron chi connectivity index (χ1n) is 30.9. The van der Waals surface area contributed by atoms with E-state index in [9.17, 15) is 81.5 Å². The number of carbonyl (C=O) groups is 17. The maximum absolute atomic E-state index is 11.2. The van der Waals surface area contributed by atoms with E-state index in [2.05, 4.69) is 69.7 Å². The Labute approximate surface area is 587 Å². The number of hydrogen-bond acceptors (Lipinski definition) is 34. The summed E-state index contributed by atoms with van der Waals surface area (Å²) in [5, 5.41) is 0. The smallest absolute Gasteiger partial charge is 0.348 e. The molecule has 564 valence electrons. The molecule has 0 aromatic rings. The standard InChI is InChI=1S/C11H14O6.C10H12O6.2C10H14O4.C9H10O6.2C9H12O4/c1-6(2)10(13)15-5-9(12)17-8-4-7(3)16-11(8)14;1-6(2)9(12)15-5-8(11)16-7-3-4-14-10(7)13;1-6(2)8(11)14-7-9(12)13-5-10(7,3)4;1-6(2)8(11)13-7-5-10(3,4)14-9(7)12;1-2-7(10)14-5-8(11)15-6-3-4-13-9(6)12;1-4-7(10)12-6-5-9(2,3)13-8(6)11;1-4-6(10)13-7-8(11)12-5-9(7,2)3/h7-8H,1,4-5H2,2-3H3;7H,1,3-5H2,2H3;2*7H,1,5H2,2-4H3;2,6H,1,3-5H2;4,6H,1,5H2,2-3H3;4,7H,1,5H2,2-3H3. The van der Waals surface area contributed by atoms with Crippen LogP contribution in [0.25, 0.3) is 0 Å². The molecule has 102 heavy (non-hydrogen) atoms. The highest BCUT2D eigenvalue weighted by atomic mass is 16.7. The molecule has 0 radical (unpaired) electrons. The zero-order chi connectivity index (χ0) is 78.4. The summed E-state index contributed by atoms with van der Waals surface area (Å²) in [6.45, 7) is 44.7. The van der Waals surface area contributed by atoms with Crippen LogP contribution in [0.2, 0.25) is 0 Å². The summed E-state index contributed by atoms with van der Waals surface area (Å²) in [6.07, 6.45) is -1.35. The zero-order valence-corrected chi connectivity index (χ0v) is 59.2. The lowest BCUT2D eigenvalue weighted by atomic mass is 9.90. The fourth-order valence-corrected chi connectivity index (χ4v) is 7.91. The van der Waals surface area contributed by atoms with Gasteiger partial charge in [-0.1, -0.05) is 73.7 Å². The minimum atomic E-state index is -0.902. The molecule has 34 heteroatoms. The van der Waals surface area contributed by atoms with Crippen LogP contribution in [0.1, 0.15) is 122 Å². The monoisotopic (exact) mass is 1450 g/mol. The Morgan fingerprint density at radius 3 is 1.05 bits per heavy atom. The van der Waals surface area contributed by atoms with Gasteiger partial charge in [0, 0.05) is 83.5 Å². The summed E-state index contributed by atoms with van der Waals surface area (Å²) in [5.41, 5.74) is -1.05. The molecule has 0 aromatic heterocycles. The van der Waals surface area contributed by atoms with Gasteiger partial charge in [-0.25, -0.2) is 81.5 Å². The number of rotatable bonds is 20. The molecule has 7 rings (SSSR count). The summed E-state index contributed by atoms with van der Waals surface area (Å²) in [7, 11) is 0. The molecule has 0 aromatic carbocycles. The van der Waals surface area contributed by atoms with Crippen molar-refractivity contribution in [3.8, 4) is 0 Å². The van der Waals surface area contributed by atoms with E-state index in [4.69, 9.17) is 56.8 Å². The highest BCUT2D eigenvalue weighted by Gasteiger charge is 2.48. The normalized spacial score (nSPS) is 22.6. The summed E-state index contributed by atoms with van der Waals surface area (Å²) >= 11 is 0. The van der Waals surface area contributed by atoms with Crippen LogP contribution >= 0.6 is 0 Å². The van der Waals surface area contributed by atoms with Crippen LogP contribution in [0.15, 0.2) is 86.6 Å². The highest BCUT2D eigenvalue weighted by molar-refractivity contribution is 5.93. The molecule has 34 nitrogen and oxygen atoms in total. The number of hydrogen-bond donors (Lipinski definition) is 0. The summed E-state index contributed by atoms with van der Waals surface area (Å²) < 4.78 is 80.8. The Bertz CT molecular complexity index is 3260. The van der Waals surface area contributed by atoms with Gasteiger partial charge in [0.2, 0.25) is 42.7 Å². The van der Waals surface area contributed by atoms with Crippen molar-refractivity contribution in [2.24, 2.45) is 10.8 Å². The van der Waals surface area contributed by atoms with Crippen molar-refractivity contribution in [3.63, 3.8) is 0 Å². The molecule has 8 unspecified atom stereocenters. The van der Waals surface area contributed by atoms with Crippen LogP contribution in [-0.4, -0.2) is 208 Å². The van der Waals surface area contributed by atoms with Crippen molar-refractivity contribution < 1.29 is 162 Å². The second-order valence-corrected chi connectivity index (χ2v) is 25.2. The maximum Gasteiger partial charge on any atom is 0.348 e. The van der Waals surface area contributed by atoms with Crippen molar-refractivity contribution >= 4 is 101 Å². The van der Waals surface area contributed by atoms with E-state index in [-0.39, 0.29) is 54.8 Å². The van der Waals surface area contributed by atoms with Gasteiger partial charge in [0.05, 0.1) is 13.2 Å². The third-order valence-corrected chi connectivity index (χ3v) is 13.2. The Morgan fingerprint density at radius 2 is 0.745 bits per heavy atom. The largest absolute Gasteiger partial charge is 0.463 e. The minimum Gasteiger partial charge on any atom is -0.463 e. The second kappa shape index (κ2) is 41.0. The summed E-state index contributed by atoms with van der Waals surface area (Å²) in [5.74, 6) is -10.4. The topological polar surface area (TPSA) is 447 Å². The van der Waals surface area contributed by atoms with Crippen LogP contribution in [-0.2, 0) is 162 Å². The predicted octanol–water partition coefficient (Wildman–Crippen LogP) is 3.63. The van der Waals surface area contributed by atoms with Gasteiger partial charge in [-0.2, -0.15) is 0 Å². The molecule has 0 saturated carbocycles. The highest BCUT2D eigenvalue weighted by Crippen LogP contribution is 2.33. The fourth-order valence-electron chi connectivity index (χ4n) is 7.91. The van der Waals surface area contributed by atoms with E-state index in [1.807, 2.05) is 13.8 Å². The Balaban J connectivity index is 0.000000596. The molecule has 0 N–H and O–H groups in total. The first-order valence-corrected chi connectivity index (χ1v) is 30.9. The van der Waals surface area contributed by atoms with Gasteiger partial charge in [-0.3, -0.25) is 0 Å². The molecular formula is C68H88O34. The summed E-state index contributed by atoms with van der Waals surface area (Å²) in [4.78, 5) is 187. The lowest BCUT2D eigenvalue weighted by Crippen LogP contribution is -2.35. The average molecular weight is 1450 g/mol. The van der Waals surface area contributed by atoms with Crippen LogP contribution in [0.4, 0.5) is 0 Å². The van der Waals surface area contributed by atoms with Crippen LogP contribution in [0.3, 0.4) is 0 Å². The molecule has 7 saturated heterocycles. The third kappa shape index (κ3) is 32.4. The molecule has 7 aliphatic heterocycles. The zero-order valence-electron chi connectivity index (χ0n) is 59.2. The molecule has 7 aliphatic rings. The van der Waals surface area contributed by atoms with Crippen LogP contribution in [0, 0.1) is 10.8 Å². The van der Waals surface area contributed by atoms with Crippen molar-refractivity contribution in [2.45, 2.75) is 182 Å². The van der Waals surface area contributed by atoms with Crippen LogP contribution < -0.4 is 0 Å². The SMILES string of the molecule is C=C(C)C(=O)OC1C(=O)OCC1(C)C.C=C(C)C(=O)OC1CC(C)(C)OC1=O.C=C(C)C(=O)OCC(=O)OC1CC(C)OC1=O.C=C(C)C(=O)OCC(=O)OC1CCOC1=O.C=CC(=O)OC1C(=O)OCC1(C)C.C=CC(=O)OC1CC(C)(C)OC1=O.C=CC(=O)OCC(=O)OC1CCOC1=O. The fraction of sp³-hybridized carbons (Fsp3) is 0.544. The second-order valence-electron chi connectivity index (χ2n) is 25.2. The van der Waals surface area contributed by atoms with Crippen molar-refractivity contribution in [3.05, 3.63) is 86.6 Å². The average Bonchev–Trinajstić information content (AvgIpc) is 1.68. The van der Waals surface area contributed by atoms with Gasteiger partial charge in [0.1, 0.15) is 30.5 Å². The Kier molecular flexibility index (Phi) is 35.9. The number of ether oxygens (including phenoxy) is 17. The minimum absolute atomic E-state index is 0.187. The molecule has 0 amide bonds. The number of esters is 17. The first kappa shape index (κ1) is 89.2. The lowest BCUT2D eigenvalue weighted by Gasteiger charge is -2.21. The molecule has 0 bridgehead atoms. The molecule has 0 aliphatic carbocycles. The van der Waals surface area contributed by atoms with Gasteiger partial charge in [-0.05, 0) is 62.3 Å². The van der Waals surface area contributed by atoms with Gasteiger partial charge in [0.15, 0.2) is 19.8 Å². The van der Waals surface area contributed by atoms with E-state index in [1.54, 1.807) is 48.5 Å². The number of carbonyl (C=O) groups excluding carboxylic acids is 17. The molecule has 7 fully saturated rings. The predicted molar refractivity (Wildman–Crippen MR) is 342 cm³/mol. The first-order chi connectivity index (χ1) is 47.1. The van der Waals surface area contributed by atoms with Crippen molar-refractivity contribution in [2.75, 3.05) is 46.2 Å². The van der Waals surface area contributed by atoms with Gasteiger partial charge in [-0.15, -0.1) is 0 Å². The van der Waals surface area contributed by atoms with E-state index in [0.29, 0.717) is 32.1 Å². The van der Waals surface area contributed by atoms with Gasteiger partial charge in [0.25, 0.3) is 0 Å². The van der Waals surface area contributed by atoms with Crippen molar-refractivity contribution in [1.29, 1.82) is 0 Å². The third-order valence-electron chi connectivity index (χ3n) is 13.2.